The number of ether oxygens (including phenoxy) is 2. The molecule has 0 aromatic heterocycles. The maximum absolute atomic E-state index is 11.8. The summed E-state index contributed by atoms with van der Waals surface area (Å²) in [6, 6.07) is 6.83. The minimum absolute atomic E-state index is 0. The van der Waals surface area contributed by atoms with Crippen molar-refractivity contribution >= 4 is 23.1 Å². The van der Waals surface area contributed by atoms with Crippen molar-refractivity contribution in [2.45, 2.75) is 123 Å². The normalized spacial score (nSPS) is 8.63. The molecule has 0 aliphatic heterocycles. The fraction of sp³-hybridized carbons (Fsp3) is 0.688. The van der Waals surface area contributed by atoms with E-state index in [2.05, 4.69) is 0 Å². The summed E-state index contributed by atoms with van der Waals surface area (Å²) in [5.41, 5.74) is 1.31. The number of carbonyl (C=O) groups excluding carboxylic acids is 4. The molecule has 0 saturated carbocycles. The number of benzene rings is 1. The number of hydrogen-bond donors (Lipinski definition) is 0. The maximum atomic E-state index is 11.8. The summed E-state index contributed by atoms with van der Waals surface area (Å²) in [7, 11) is 3.33. The van der Waals surface area contributed by atoms with Gasteiger partial charge in [0, 0.05) is 64.2 Å². The van der Waals surface area contributed by atoms with Crippen molar-refractivity contribution in [1.82, 2.24) is 0 Å². The predicted octanol–water partition coefficient (Wildman–Crippen LogP) is 9.23. The maximum Gasteiger partial charge on any atom is 0.162 e. The zero-order valence-electron chi connectivity index (χ0n) is 20.2. The lowest BCUT2D eigenvalue weighted by molar-refractivity contribution is -0.120. The Kier molecular flexibility index (Phi) is 47.9. The zero-order chi connectivity index (χ0) is 24.2. The Balaban J connectivity index is -0.0000000879. The number of rotatable bonds is 17. The van der Waals surface area contributed by atoms with Crippen LogP contribution in [0.3, 0.4) is 0 Å². The molecule has 228 valence electrons. The average molecular weight is 545 g/mol. The number of methoxy groups -OCH3 is 2. The van der Waals surface area contributed by atoms with Crippen molar-refractivity contribution in [3.63, 3.8) is 0 Å². The number of ketones is 4. The van der Waals surface area contributed by atoms with Gasteiger partial charge in [-0.2, -0.15) is 0 Å². The fourth-order valence-corrected chi connectivity index (χ4v) is 2.96. The molecule has 1 rings (SSSR count). The molecule has 0 unspecified atom stereocenters. The number of unbranched alkanes of at least 4 members (excludes halogenated alkanes) is 3. The van der Waals surface area contributed by atoms with Gasteiger partial charge in [-0.1, -0.05) is 68.8 Å². The second-order valence-electron chi connectivity index (χ2n) is 7.90. The molecule has 0 bridgehead atoms. The molecule has 1 aromatic rings. The first-order valence-electron chi connectivity index (χ1n) is 11.4. The van der Waals surface area contributed by atoms with Crippen molar-refractivity contribution in [2.24, 2.45) is 0 Å². The second-order valence-corrected chi connectivity index (χ2v) is 7.90. The first kappa shape index (κ1) is 52.3. The Labute approximate surface area is 237 Å². The van der Waals surface area contributed by atoms with Gasteiger partial charge in [0.15, 0.2) is 11.6 Å². The third-order valence-corrected chi connectivity index (χ3v) is 4.90. The van der Waals surface area contributed by atoms with Crippen LogP contribution in [-0.2, 0) is 19.1 Å². The van der Waals surface area contributed by atoms with Crippen molar-refractivity contribution in [2.75, 3.05) is 27.4 Å². The predicted molar refractivity (Wildman–Crippen MR) is 167 cm³/mol. The summed E-state index contributed by atoms with van der Waals surface area (Å²) < 4.78 is 9.82. The van der Waals surface area contributed by atoms with Gasteiger partial charge >= 0.3 is 0 Å². The van der Waals surface area contributed by atoms with Gasteiger partial charge in [-0.3, -0.25) is 14.4 Å². The van der Waals surface area contributed by atoms with E-state index < -0.39 is 0 Å². The van der Waals surface area contributed by atoms with Crippen LogP contribution in [0.15, 0.2) is 24.3 Å². The molecule has 0 amide bonds. The van der Waals surface area contributed by atoms with E-state index in [9.17, 15) is 19.2 Å². The minimum Gasteiger partial charge on any atom is -0.385 e. The molecule has 0 saturated heterocycles. The third-order valence-electron chi connectivity index (χ3n) is 4.90. The van der Waals surface area contributed by atoms with Gasteiger partial charge in [-0.25, -0.2) is 0 Å². The van der Waals surface area contributed by atoms with Gasteiger partial charge in [-0.15, -0.1) is 0 Å². The summed E-state index contributed by atoms with van der Waals surface area (Å²) in [5, 5.41) is 0. The lowest BCUT2D eigenvalue weighted by atomic mass is 10.0. The largest absolute Gasteiger partial charge is 0.385 e. The van der Waals surface area contributed by atoms with Crippen LogP contribution in [0.5, 0.6) is 0 Å². The van der Waals surface area contributed by atoms with E-state index in [0.29, 0.717) is 49.2 Å². The van der Waals surface area contributed by atoms with Crippen LogP contribution in [-0.4, -0.2) is 50.6 Å². The molecule has 0 spiro atoms. The van der Waals surface area contributed by atoms with Crippen molar-refractivity contribution in [1.29, 1.82) is 0 Å². The van der Waals surface area contributed by atoms with Crippen LogP contribution in [0.2, 0.25) is 0 Å². The highest BCUT2D eigenvalue weighted by Crippen LogP contribution is 2.10. The van der Waals surface area contributed by atoms with Gasteiger partial charge in [0.05, 0.1) is 0 Å². The second kappa shape index (κ2) is 34.8. The molecule has 0 N–H and O–H groups in total. The number of hydrogen-bond acceptors (Lipinski definition) is 6. The topological polar surface area (TPSA) is 86.7 Å². The van der Waals surface area contributed by atoms with Crippen LogP contribution in [0.1, 0.15) is 143 Å². The molecule has 6 heteroatoms. The average Bonchev–Trinajstić information content (AvgIpc) is 2.77. The lowest BCUT2D eigenvalue weighted by Crippen LogP contribution is -2.01. The summed E-state index contributed by atoms with van der Waals surface area (Å²) in [6.45, 7) is 4.53. The number of carbonyl (C=O) groups is 4. The molecule has 0 radical (unpaired) electrons. The highest BCUT2D eigenvalue weighted by atomic mass is 16.5. The molecule has 0 aliphatic rings. The monoisotopic (exact) mass is 544 g/mol. The SMILES string of the molecule is C.C.C.C.C.C.COCCCCC(=O)CCCCC(C)=O.COCCCCC(=O)c1ccc(C(C)=O)cc1. The van der Waals surface area contributed by atoms with Gasteiger partial charge < -0.3 is 14.3 Å². The summed E-state index contributed by atoms with van der Waals surface area (Å²) in [6.07, 6.45) is 7.72. The molecular formula is C32H64O6. The Morgan fingerprint density at radius 1 is 0.553 bits per heavy atom. The molecule has 0 heterocycles. The Bertz CT molecular complexity index is 680. The quantitative estimate of drug-likeness (QED) is 0.143. The molecule has 1 aromatic carbocycles. The van der Waals surface area contributed by atoms with Crippen molar-refractivity contribution in [3.8, 4) is 0 Å². The van der Waals surface area contributed by atoms with E-state index in [4.69, 9.17) is 9.47 Å². The molecule has 6 nitrogen and oxygen atoms in total. The minimum atomic E-state index is 0. The van der Waals surface area contributed by atoms with Gasteiger partial charge in [-0.05, 0) is 52.4 Å². The van der Waals surface area contributed by atoms with Crippen LogP contribution in [0.4, 0.5) is 0 Å². The van der Waals surface area contributed by atoms with Crippen LogP contribution in [0.25, 0.3) is 0 Å². The van der Waals surface area contributed by atoms with E-state index in [0.717, 1.165) is 45.1 Å². The molecule has 0 atom stereocenters. The summed E-state index contributed by atoms with van der Waals surface area (Å²) in [5.74, 6) is 0.664. The van der Waals surface area contributed by atoms with Crippen LogP contribution in [0, 0.1) is 0 Å². The van der Waals surface area contributed by atoms with E-state index >= 15 is 0 Å². The highest BCUT2D eigenvalue weighted by Gasteiger charge is 2.06. The molecule has 0 fully saturated rings. The van der Waals surface area contributed by atoms with Gasteiger partial charge in [0.2, 0.25) is 0 Å². The summed E-state index contributed by atoms with van der Waals surface area (Å²) in [4.78, 5) is 44.8. The van der Waals surface area contributed by atoms with Crippen LogP contribution < -0.4 is 0 Å². The molecular weight excluding hydrogens is 480 g/mol. The first-order chi connectivity index (χ1) is 15.3. The fourth-order valence-electron chi connectivity index (χ4n) is 2.96. The Morgan fingerprint density at radius 3 is 1.32 bits per heavy atom. The molecule has 0 aliphatic carbocycles. The van der Waals surface area contributed by atoms with Crippen LogP contribution >= 0.6 is 0 Å². The lowest BCUT2D eigenvalue weighted by Gasteiger charge is -2.02. The summed E-state index contributed by atoms with van der Waals surface area (Å²) >= 11 is 0. The van der Waals surface area contributed by atoms with Gasteiger partial charge in [0.1, 0.15) is 11.6 Å². The Hall–Kier alpha value is -2.18. The van der Waals surface area contributed by atoms with E-state index in [-0.39, 0.29) is 61.9 Å². The van der Waals surface area contributed by atoms with Crippen molar-refractivity contribution in [3.05, 3.63) is 35.4 Å². The standard InChI is InChI=1S/C14H18O3.C12H22O3.6CH4/c1-11(15)12-6-8-13(9-7-12)14(16)5-3-4-10-17-2;1-11(13)7-3-4-8-12(14)9-5-6-10-15-2;;;;;;/h6-9H,3-5,10H2,1-2H3;3-10H2,1-2H3;6*1H4. The van der Waals surface area contributed by atoms with Gasteiger partial charge in [0.25, 0.3) is 0 Å². The molecule has 38 heavy (non-hydrogen) atoms. The first-order valence-corrected chi connectivity index (χ1v) is 11.4. The van der Waals surface area contributed by atoms with Crippen molar-refractivity contribution < 1.29 is 28.7 Å². The Morgan fingerprint density at radius 2 is 0.921 bits per heavy atom. The zero-order valence-corrected chi connectivity index (χ0v) is 20.2. The number of Topliss-reactive ketones (excluding diaryl/α,β-unsaturated/α-hetero) is 4. The van der Waals surface area contributed by atoms with E-state index in [1.54, 1.807) is 45.4 Å². The third kappa shape index (κ3) is 30.0. The smallest absolute Gasteiger partial charge is 0.162 e. The highest BCUT2D eigenvalue weighted by molar-refractivity contribution is 5.98. The van der Waals surface area contributed by atoms with E-state index in [1.165, 1.54) is 6.92 Å². The van der Waals surface area contributed by atoms with E-state index in [1.807, 2.05) is 0 Å².